The molecule has 0 aliphatic carbocycles. The van der Waals surface area contributed by atoms with Crippen LogP contribution in [0.1, 0.15) is 24.9 Å². The molecule has 2 aromatic carbocycles. The van der Waals surface area contributed by atoms with Gasteiger partial charge in [-0.3, -0.25) is 0 Å². The van der Waals surface area contributed by atoms with Crippen LogP contribution in [0.3, 0.4) is 0 Å². The van der Waals surface area contributed by atoms with E-state index in [2.05, 4.69) is 0 Å². The zero-order valence-corrected chi connectivity index (χ0v) is 12.7. The van der Waals surface area contributed by atoms with Crippen LogP contribution in [0.2, 0.25) is 0 Å². The van der Waals surface area contributed by atoms with Crippen molar-refractivity contribution >= 4 is 0 Å². The van der Waals surface area contributed by atoms with Crippen molar-refractivity contribution in [3.63, 3.8) is 0 Å². The highest BCUT2D eigenvalue weighted by molar-refractivity contribution is 5.74. The Hall–Kier alpha value is -2.41. The van der Waals surface area contributed by atoms with Crippen LogP contribution in [0, 0.1) is 20.6 Å². The Kier molecular flexibility index (Phi) is 2.33. The average molecular weight is 294 g/mol. The summed E-state index contributed by atoms with van der Waals surface area (Å²) < 4.78 is 48.5. The fourth-order valence-electron chi connectivity index (χ4n) is 2.73. The van der Waals surface area contributed by atoms with Gasteiger partial charge in [0.15, 0.2) is 6.20 Å². The van der Waals surface area contributed by atoms with E-state index in [0.29, 0.717) is 5.56 Å². The van der Waals surface area contributed by atoms with Crippen LogP contribution in [0.4, 0.5) is 0 Å². The zero-order valence-electron chi connectivity index (χ0n) is 18.7. The van der Waals surface area contributed by atoms with Crippen molar-refractivity contribution in [1.82, 2.24) is 0 Å². The largest absolute Gasteiger partial charge is 0.212 e. The highest BCUT2D eigenvalue weighted by Crippen LogP contribution is 2.30. The summed E-state index contributed by atoms with van der Waals surface area (Å²) in [7, 11) is 1.77. The molecule has 0 saturated heterocycles. The molecule has 0 N–H and O–H groups in total. The van der Waals surface area contributed by atoms with Crippen LogP contribution in [0.25, 0.3) is 22.4 Å². The molecule has 0 spiro atoms. The predicted molar refractivity (Wildman–Crippen MR) is 92.7 cm³/mol. The van der Waals surface area contributed by atoms with Gasteiger partial charge in [-0.1, -0.05) is 36.4 Å². The molecular weight excluding hydrogens is 266 g/mol. The Morgan fingerprint density at radius 2 is 1.64 bits per heavy atom. The van der Waals surface area contributed by atoms with Gasteiger partial charge in [0.1, 0.15) is 7.05 Å². The Balaban J connectivity index is 2.21. The molecule has 0 bridgehead atoms. The molecule has 0 atom stereocenters. The summed E-state index contributed by atoms with van der Waals surface area (Å²) in [6.45, 7) is -2.53. The van der Waals surface area contributed by atoms with Crippen molar-refractivity contribution in [3.8, 4) is 22.4 Å². The number of hydrogen-bond donors (Lipinski definition) is 0. The van der Waals surface area contributed by atoms with Crippen molar-refractivity contribution in [2.45, 2.75) is 20.6 Å². The number of rotatable bonds is 2. The van der Waals surface area contributed by atoms with E-state index in [0.717, 1.165) is 22.4 Å². The normalized spacial score (nSPS) is 15.9. The average Bonchev–Trinajstić information content (AvgIpc) is 2.61. The van der Waals surface area contributed by atoms with Gasteiger partial charge in [0.05, 0.1) is 0 Å². The molecule has 3 rings (SSSR count). The second-order valence-electron chi connectivity index (χ2n) is 5.49. The lowest BCUT2D eigenvalue weighted by Crippen LogP contribution is -2.31. The molecule has 0 aliphatic rings. The maximum Gasteiger partial charge on any atom is 0.212 e. The molecule has 0 aliphatic heterocycles. The fourth-order valence-corrected chi connectivity index (χ4v) is 2.73. The molecule has 1 nitrogen and oxygen atoms in total. The van der Waals surface area contributed by atoms with Crippen molar-refractivity contribution < 1.29 is 12.8 Å². The Morgan fingerprint density at radius 3 is 2.32 bits per heavy atom. The summed E-state index contributed by atoms with van der Waals surface area (Å²) in [4.78, 5) is 0. The highest BCUT2D eigenvalue weighted by atomic mass is 14.9. The molecule has 22 heavy (non-hydrogen) atoms. The Labute approximate surface area is 141 Å². The summed E-state index contributed by atoms with van der Waals surface area (Å²) >= 11 is 0. The maximum absolute atomic E-state index is 8.01. The summed E-state index contributed by atoms with van der Waals surface area (Å²) in [5.41, 5.74) is 4.51. The van der Waals surface area contributed by atoms with Crippen LogP contribution in [-0.2, 0) is 7.05 Å². The first kappa shape index (κ1) is 8.89. The van der Waals surface area contributed by atoms with Gasteiger partial charge in [0.25, 0.3) is 0 Å². The second kappa shape index (κ2) is 5.76. The van der Waals surface area contributed by atoms with Gasteiger partial charge in [0, 0.05) is 25.4 Å². The first-order valence-electron chi connectivity index (χ1n) is 10.2. The smallest absolute Gasteiger partial charge is 0.201 e. The molecule has 1 aromatic heterocycles. The minimum absolute atomic E-state index is 0.244. The van der Waals surface area contributed by atoms with Gasteiger partial charge in [-0.2, -0.15) is 0 Å². The van der Waals surface area contributed by atoms with E-state index in [9.17, 15) is 0 Å². The van der Waals surface area contributed by atoms with E-state index in [4.69, 9.17) is 8.22 Å². The molecule has 110 valence electrons. The number of aromatic nitrogens is 1. The van der Waals surface area contributed by atoms with E-state index in [-0.39, 0.29) is 11.1 Å². The molecule has 0 unspecified atom stereocenters. The number of benzene rings is 2. The minimum Gasteiger partial charge on any atom is -0.201 e. The van der Waals surface area contributed by atoms with Gasteiger partial charge in [-0.15, -0.1) is 0 Å². The lowest BCUT2D eigenvalue weighted by molar-refractivity contribution is -0.660. The Morgan fingerprint density at radius 1 is 0.864 bits per heavy atom. The Bertz CT molecular complexity index is 1000. The third-order valence-electron chi connectivity index (χ3n) is 3.86. The maximum atomic E-state index is 8.01. The van der Waals surface area contributed by atoms with Gasteiger partial charge in [-0.25, -0.2) is 4.57 Å². The SMILES string of the molecule is [2H]C([2H])([2H])c1ccc(-c2cc(C([2H])([2H])[2H])c(-c3ccccc3)cc2C)[n+](C)c1. The van der Waals surface area contributed by atoms with Crippen LogP contribution < -0.4 is 4.57 Å². The summed E-state index contributed by atoms with van der Waals surface area (Å²) in [6.07, 6.45) is 1.57. The molecule has 0 radical (unpaired) electrons. The van der Waals surface area contributed by atoms with E-state index in [1.54, 1.807) is 36.0 Å². The van der Waals surface area contributed by atoms with Crippen LogP contribution in [0.15, 0.2) is 60.8 Å². The first-order valence-corrected chi connectivity index (χ1v) is 7.19. The molecule has 1 heterocycles. The van der Waals surface area contributed by atoms with E-state index in [1.807, 2.05) is 43.3 Å². The highest BCUT2D eigenvalue weighted by Gasteiger charge is 2.14. The molecular formula is C21H22N+. The quantitative estimate of drug-likeness (QED) is 0.599. The number of pyridine rings is 1. The third-order valence-corrected chi connectivity index (χ3v) is 3.86. The minimum atomic E-state index is -2.27. The molecule has 3 aromatic rings. The van der Waals surface area contributed by atoms with Gasteiger partial charge < -0.3 is 0 Å². The van der Waals surface area contributed by atoms with Gasteiger partial charge >= 0.3 is 0 Å². The predicted octanol–water partition coefficient (Wildman–Crippen LogP) is 4.77. The second-order valence-corrected chi connectivity index (χ2v) is 5.49. The van der Waals surface area contributed by atoms with Crippen molar-refractivity contribution in [3.05, 3.63) is 77.5 Å². The summed E-state index contributed by atoms with van der Waals surface area (Å²) in [6, 6.07) is 16.4. The van der Waals surface area contributed by atoms with E-state index < -0.39 is 13.7 Å². The van der Waals surface area contributed by atoms with Crippen molar-refractivity contribution in [1.29, 1.82) is 0 Å². The molecule has 0 saturated carbocycles. The fraction of sp³-hybridized carbons (Fsp3) is 0.190. The van der Waals surface area contributed by atoms with E-state index >= 15 is 0 Å². The standard InChI is InChI=1S/C21H22N/c1-15-10-11-21(22(4)14-15)20-13-16(2)19(12-17(20)3)18-8-6-5-7-9-18/h5-14H,1-4H3/q+1/i1D3,2D3. The molecule has 0 fully saturated rings. The topological polar surface area (TPSA) is 3.88 Å². The van der Waals surface area contributed by atoms with Crippen LogP contribution in [0.5, 0.6) is 0 Å². The van der Waals surface area contributed by atoms with Gasteiger partial charge in [-0.05, 0) is 55.0 Å². The number of aryl methyl sites for hydroxylation is 4. The van der Waals surface area contributed by atoms with Crippen LogP contribution in [-0.4, -0.2) is 0 Å². The lowest BCUT2D eigenvalue weighted by Gasteiger charge is -2.12. The zero-order chi connectivity index (χ0) is 20.7. The lowest BCUT2D eigenvalue weighted by atomic mass is 9.93. The van der Waals surface area contributed by atoms with Crippen LogP contribution >= 0.6 is 0 Å². The number of hydrogen-bond acceptors (Lipinski definition) is 0. The molecule has 0 amide bonds. The first-order chi connectivity index (χ1) is 13.0. The van der Waals surface area contributed by atoms with Gasteiger partial charge in [0.2, 0.25) is 5.69 Å². The van der Waals surface area contributed by atoms with Crippen molar-refractivity contribution in [2.24, 2.45) is 7.05 Å². The monoisotopic (exact) mass is 294 g/mol. The summed E-state index contributed by atoms with van der Waals surface area (Å²) in [5, 5.41) is 0. The van der Waals surface area contributed by atoms with E-state index in [1.165, 1.54) is 0 Å². The summed E-state index contributed by atoms with van der Waals surface area (Å²) in [5.74, 6) is 0. The molecule has 1 heteroatoms. The number of nitrogens with zero attached hydrogens (tertiary/aromatic N) is 1. The third kappa shape index (κ3) is 2.67. The van der Waals surface area contributed by atoms with Crippen molar-refractivity contribution in [2.75, 3.05) is 0 Å².